The van der Waals surface area contributed by atoms with Crippen LogP contribution in [0.15, 0.2) is 135 Å². The van der Waals surface area contributed by atoms with E-state index in [1.165, 1.54) is 0 Å². The minimum Gasteiger partial charge on any atom is -0.0991 e. The lowest BCUT2D eigenvalue weighted by atomic mass is 9.82. The molecule has 0 N–H and O–H groups in total. The average Bonchev–Trinajstić information content (AvgIpc) is 2.58. The molecule has 0 radical (unpaired) electrons. The van der Waals surface area contributed by atoms with Crippen molar-refractivity contribution in [1.82, 2.24) is 0 Å². The molecule has 1 unspecified atom stereocenters. The number of allylic oxidation sites excluding steroid dienone is 17. The van der Waals surface area contributed by atoms with E-state index in [-0.39, 0.29) is 5.92 Å². The molecule has 0 heteroatoms. The molecule has 124 valence electrons. The van der Waals surface area contributed by atoms with Crippen LogP contribution in [-0.2, 0) is 0 Å². The Morgan fingerprint density at radius 2 is 1.21 bits per heavy atom. The van der Waals surface area contributed by atoms with Crippen LogP contribution in [0.2, 0.25) is 0 Å². The molecular formula is C24H28. The first-order chi connectivity index (χ1) is 11.7. The van der Waals surface area contributed by atoms with Gasteiger partial charge in [-0.15, -0.1) is 0 Å². The second kappa shape index (κ2) is 13.8. The van der Waals surface area contributed by atoms with Gasteiger partial charge in [0.1, 0.15) is 0 Å². The van der Waals surface area contributed by atoms with Crippen LogP contribution in [0.5, 0.6) is 0 Å². The Kier molecular flexibility index (Phi) is 12.1. The van der Waals surface area contributed by atoms with Gasteiger partial charge in [-0.2, -0.15) is 0 Å². The average molecular weight is 316 g/mol. The smallest absolute Gasteiger partial charge is 0.0339 e. The molecule has 0 aromatic rings. The van der Waals surface area contributed by atoms with E-state index in [1.54, 1.807) is 24.3 Å². The molecule has 0 aliphatic carbocycles. The summed E-state index contributed by atoms with van der Waals surface area (Å²) in [7, 11) is 0. The largest absolute Gasteiger partial charge is 0.0991 e. The zero-order chi connectivity index (χ0) is 18.2. The molecule has 0 fully saturated rings. The fourth-order valence-corrected chi connectivity index (χ4v) is 2.24. The van der Waals surface area contributed by atoms with E-state index in [0.717, 1.165) is 16.7 Å². The highest BCUT2D eigenvalue weighted by Crippen LogP contribution is 2.31. The van der Waals surface area contributed by atoms with E-state index < -0.39 is 0 Å². The van der Waals surface area contributed by atoms with Crippen molar-refractivity contribution in [1.29, 1.82) is 0 Å². The van der Waals surface area contributed by atoms with Gasteiger partial charge in [-0.3, -0.25) is 0 Å². The van der Waals surface area contributed by atoms with Crippen LogP contribution < -0.4 is 0 Å². The molecule has 0 saturated carbocycles. The molecule has 0 bridgehead atoms. The standard InChI is InChI=1S/C24H28/c1-7-13-15-20-21(12-6)24(22(16-9-3)17-10-4)23(18-11-5)19-14-8-2/h7-20,24H,1-3,5-6H2,4H3/b15-13-,17-10-,19-14-,21-20+,22-16+,23-18+. The Hall–Kier alpha value is -2.86. The summed E-state index contributed by atoms with van der Waals surface area (Å²) in [6.07, 6.45) is 26.9. The maximum Gasteiger partial charge on any atom is 0.0339 e. The van der Waals surface area contributed by atoms with Gasteiger partial charge >= 0.3 is 0 Å². The second-order valence-electron chi connectivity index (χ2n) is 4.82. The second-order valence-corrected chi connectivity index (χ2v) is 4.82. The van der Waals surface area contributed by atoms with Crippen LogP contribution in [0.4, 0.5) is 0 Å². The highest BCUT2D eigenvalue weighted by molar-refractivity contribution is 5.49. The minimum atomic E-state index is 0.0142. The Morgan fingerprint density at radius 3 is 1.67 bits per heavy atom. The summed E-state index contributed by atoms with van der Waals surface area (Å²) in [4.78, 5) is 0. The predicted molar refractivity (Wildman–Crippen MR) is 112 cm³/mol. The van der Waals surface area contributed by atoms with Crippen molar-refractivity contribution in [3.8, 4) is 0 Å². The van der Waals surface area contributed by atoms with Crippen molar-refractivity contribution < 1.29 is 0 Å². The van der Waals surface area contributed by atoms with Crippen molar-refractivity contribution in [2.75, 3.05) is 0 Å². The van der Waals surface area contributed by atoms with Crippen LogP contribution >= 0.6 is 0 Å². The predicted octanol–water partition coefficient (Wildman–Crippen LogP) is 7.00. The van der Waals surface area contributed by atoms with Crippen molar-refractivity contribution >= 4 is 0 Å². The zero-order valence-corrected chi connectivity index (χ0v) is 14.7. The third-order valence-electron chi connectivity index (χ3n) is 3.18. The van der Waals surface area contributed by atoms with Gasteiger partial charge in [0.05, 0.1) is 0 Å². The van der Waals surface area contributed by atoms with Crippen molar-refractivity contribution in [2.45, 2.75) is 6.92 Å². The van der Waals surface area contributed by atoms with Gasteiger partial charge in [0.25, 0.3) is 0 Å². The maximum absolute atomic E-state index is 3.98. The molecule has 0 heterocycles. The van der Waals surface area contributed by atoms with Crippen LogP contribution in [0, 0.1) is 5.92 Å². The fraction of sp³-hybridized carbons (Fsp3) is 0.0833. The van der Waals surface area contributed by atoms with Crippen molar-refractivity contribution in [2.24, 2.45) is 5.92 Å². The van der Waals surface area contributed by atoms with Gasteiger partial charge in [0, 0.05) is 5.92 Å². The minimum absolute atomic E-state index is 0.0142. The summed E-state index contributed by atoms with van der Waals surface area (Å²) in [6, 6.07) is 0. The summed E-state index contributed by atoms with van der Waals surface area (Å²) < 4.78 is 0. The first-order valence-electron chi connectivity index (χ1n) is 7.88. The molecule has 24 heavy (non-hydrogen) atoms. The molecule has 0 spiro atoms. The topological polar surface area (TPSA) is 0 Å². The van der Waals surface area contributed by atoms with E-state index in [9.17, 15) is 0 Å². The van der Waals surface area contributed by atoms with Crippen LogP contribution in [0.25, 0.3) is 0 Å². The molecule has 0 saturated heterocycles. The first kappa shape index (κ1) is 21.1. The number of rotatable bonds is 11. The molecule has 0 rings (SSSR count). The summed E-state index contributed by atoms with van der Waals surface area (Å²) in [5, 5.41) is 0. The number of hydrogen-bond donors (Lipinski definition) is 0. The summed E-state index contributed by atoms with van der Waals surface area (Å²) in [5.41, 5.74) is 3.28. The SMILES string of the molecule is C=C/C=C\C=C(/C=C)C(C(/C=C\C)=C/C=C)C(/C=C\C=C)=C/C=C. The number of hydrogen-bond acceptors (Lipinski definition) is 0. The van der Waals surface area contributed by atoms with Crippen LogP contribution in [0.1, 0.15) is 6.92 Å². The van der Waals surface area contributed by atoms with Gasteiger partial charge in [-0.05, 0) is 23.6 Å². The Morgan fingerprint density at radius 1 is 0.625 bits per heavy atom. The Balaban J connectivity index is 6.42. The van der Waals surface area contributed by atoms with Crippen LogP contribution in [-0.4, -0.2) is 0 Å². The Bertz CT molecular complexity index is 625. The van der Waals surface area contributed by atoms with Gasteiger partial charge in [0.2, 0.25) is 0 Å². The normalized spacial score (nSPS) is 15.0. The van der Waals surface area contributed by atoms with Crippen molar-refractivity contribution in [3.05, 3.63) is 135 Å². The van der Waals surface area contributed by atoms with Gasteiger partial charge in [0.15, 0.2) is 0 Å². The van der Waals surface area contributed by atoms with Gasteiger partial charge in [-0.1, -0.05) is 118 Å². The molecule has 1 atom stereocenters. The van der Waals surface area contributed by atoms with Crippen molar-refractivity contribution in [3.63, 3.8) is 0 Å². The quantitative estimate of drug-likeness (QED) is 0.360. The van der Waals surface area contributed by atoms with E-state index in [1.807, 2.05) is 61.6 Å². The fourth-order valence-electron chi connectivity index (χ4n) is 2.24. The zero-order valence-electron chi connectivity index (χ0n) is 14.7. The lowest BCUT2D eigenvalue weighted by molar-refractivity contribution is 0.905. The highest BCUT2D eigenvalue weighted by atomic mass is 14.2. The van der Waals surface area contributed by atoms with E-state index in [0.29, 0.717) is 0 Å². The summed E-state index contributed by atoms with van der Waals surface area (Å²) >= 11 is 0. The molecule has 0 aromatic carbocycles. The highest BCUT2D eigenvalue weighted by Gasteiger charge is 2.18. The molecule has 0 amide bonds. The first-order valence-corrected chi connectivity index (χ1v) is 7.88. The summed E-state index contributed by atoms with van der Waals surface area (Å²) in [5.74, 6) is 0.0142. The van der Waals surface area contributed by atoms with Gasteiger partial charge < -0.3 is 0 Å². The maximum atomic E-state index is 3.98. The third-order valence-corrected chi connectivity index (χ3v) is 3.18. The van der Waals surface area contributed by atoms with E-state index in [2.05, 4.69) is 39.0 Å². The molecule has 0 aliphatic heterocycles. The van der Waals surface area contributed by atoms with Crippen LogP contribution in [0.3, 0.4) is 0 Å². The monoisotopic (exact) mass is 316 g/mol. The summed E-state index contributed by atoms with van der Waals surface area (Å²) in [6.45, 7) is 21.1. The van der Waals surface area contributed by atoms with E-state index >= 15 is 0 Å². The molecule has 0 nitrogen and oxygen atoms in total. The lowest BCUT2D eigenvalue weighted by Gasteiger charge is -2.21. The molecular weight excluding hydrogens is 288 g/mol. The van der Waals surface area contributed by atoms with E-state index in [4.69, 9.17) is 0 Å². The molecule has 0 aromatic heterocycles. The molecule has 0 aliphatic rings. The third kappa shape index (κ3) is 7.42. The Labute approximate surface area is 148 Å². The lowest BCUT2D eigenvalue weighted by Crippen LogP contribution is -2.08. The van der Waals surface area contributed by atoms with Gasteiger partial charge in [-0.25, -0.2) is 0 Å².